The van der Waals surface area contributed by atoms with E-state index in [0.29, 0.717) is 5.92 Å². The Labute approximate surface area is 190 Å². The zero-order valence-corrected chi connectivity index (χ0v) is 18.8. The molecule has 1 unspecified atom stereocenters. The van der Waals surface area contributed by atoms with Crippen LogP contribution in [0.25, 0.3) is 0 Å². The van der Waals surface area contributed by atoms with E-state index >= 15 is 0 Å². The Morgan fingerprint density at radius 3 is 2.69 bits per heavy atom. The van der Waals surface area contributed by atoms with Gasteiger partial charge in [0.1, 0.15) is 0 Å². The van der Waals surface area contributed by atoms with E-state index in [1.807, 2.05) is 23.2 Å². The molecule has 2 aliphatic heterocycles. The molecule has 1 aromatic heterocycles. The van der Waals surface area contributed by atoms with Gasteiger partial charge in [-0.15, -0.1) is 0 Å². The van der Waals surface area contributed by atoms with Gasteiger partial charge in [-0.1, -0.05) is 36.4 Å². The summed E-state index contributed by atoms with van der Waals surface area (Å²) in [6.45, 7) is 2.67. The van der Waals surface area contributed by atoms with Crippen molar-refractivity contribution in [2.75, 3.05) is 31.6 Å². The average Bonchev–Trinajstić information content (AvgIpc) is 2.85. The largest absolute Gasteiger partial charge is 0.374 e. The van der Waals surface area contributed by atoms with Crippen molar-refractivity contribution in [2.45, 2.75) is 38.0 Å². The number of hydrogen-bond acceptors (Lipinski definition) is 3. The standard InChI is InChI=1S/C28H31N3O/c1-30-15-5-9-23-18-24(12-14-27(23)30)28(32)31-16-6-10-25(20-31)26-13-11-22(19-29-26)17-21-7-3-2-4-8-21/h2-4,7-8,11-14,18-19,25H,5-6,9-10,15-17,20H2,1H3. The van der Waals surface area contributed by atoms with E-state index in [9.17, 15) is 4.79 Å². The monoisotopic (exact) mass is 425 g/mol. The summed E-state index contributed by atoms with van der Waals surface area (Å²) >= 11 is 0. The van der Waals surface area contributed by atoms with Crippen molar-refractivity contribution in [3.63, 3.8) is 0 Å². The normalized spacial score (nSPS) is 18.3. The Hall–Kier alpha value is -3.14. The number of aromatic nitrogens is 1. The fraction of sp³-hybridized carbons (Fsp3) is 0.357. The summed E-state index contributed by atoms with van der Waals surface area (Å²) in [6, 6.07) is 21.1. The van der Waals surface area contributed by atoms with Crippen molar-refractivity contribution in [1.29, 1.82) is 0 Å². The molecule has 0 spiro atoms. The molecule has 1 atom stereocenters. The SMILES string of the molecule is CN1CCCc2cc(C(=O)N3CCCC(c4ccc(Cc5ccccc5)cn4)C3)ccc21. The average molecular weight is 426 g/mol. The fourth-order valence-corrected chi connectivity index (χ4v) is 5.12. The van der Waals surface area contributed by atoms with Crippen LogP contribution in [0.2, 0.25) is 0 Å². The second-order valence-electron chi connectivity index (χ2n) is 9.21. The lowest BCUT2D eigenvalue weighted by atomic mass is 9.92. The summed E-state index contributed by atoms with van der Waals surface area (Å²) in [7, 11) is 2.13. The van der Waals surface area contributed by atoms with Gasteiger partial charge in [-0.2, -0.15) is 0 Å². The van der Waals surface area contributed by atoms with Crippen molar-refractivity contribution in [2.24, 2.45) is 0 Å². The Kier molecular flexibility index (Phi) is 5.93. The molecule has 2 aromatic carbocycles. The van der Waals surface area contributed by atoms with Crippen molar-refractivity contribution in [3.8, 4) is 0 Å². The van der Waals surface area contributed by atoms with Crippen LogP contribution in [-0.4, -0.2) is 42.5 Å². The maximum Gasteiger partial charge on any atom is 0.253 e. The minimum Gasteiger partial charge on any atom is -0.374 e. The number of benzene rings is 2. The smallest absolute Gasteiger partial charge is 0.253 e. The number of pyridine rings is 1. The number of amides is 1. The molecule has 5 rings (SSSR count). The highest BCUT2D eigenvalue weighted by Gasteiger charge is 2.27. The molecule has 1 saturated heterocycles. The molecule has 0 bridgehead atoms. The summed E-state index contributed by atoms with van der Waals surface area (Å²) in [4.78, 5) is 22.4. The highest BCUT2D eigenvalue weighted by molar-refractivity contribution is 5.95. The molecular weight excluding hydrogens is 394 g/mol. The molecule has 0 N–H and O–H groups in total. The number of anilines is 1. The van der Waals surface area contributed by atoms with Gasteiger partial charge in [-0.3, -0.25) is 9.78 Å². The number of hydrogen-bond donors (Lipinski definition) is 0. The van der Waals surface area contributed by atoms with Gasteiger partial charge < -0.3 is 9.80 Å². The van der Waals surface area contributed by atoms with Gasteiger partial charge in [0.2, 0.25) is 0 Å². The van der Waals surface area contributed by atoms with Gasteiger partial charge in [-0.25, -0.2) is 0 Å². The molecule has 0 aliphatic carbocycles. The molecule has 0 radical (unpaired) electrons. The van der Waals surface area contributed by atoms with E-state index in [4.69, 9.17) is 4.98 Å². The number of aryl methyl sites for hydroxylation is 1. The molecule has 4 nitrogen and oxygen atoms in total. The van der Waals surface area contributed by atoms with Gasteiger partial charge in [0.15, 0.2) is 0 Å². The van der Waals surface area contributed by atoms with E-state index in [1.165, 1.54) is 22.4 Å². The first-order valence-corrected chi connectivity index (χ1v) is 11.8. The minimum absolute atomic E-state index is 0.159. The van der Waals surface area contributed by atoms with Crippen LogP contribution in [0.3, 0.4) is 0 Å². The molecule has 0 saturated carbocycles. The quantitative estimate of drug-likeness (QED) is 0.585. The van der Waals surface area contributed by atoms with E-state index in [1.54, 1.807) is 0 Å². The number of piperidine rings is 1. The lowest BCUT2D eigenvalue weighted by Crippen LogP contribution is -2.39. The highest BCUT2D eigenvalue weighted by atomic mass is 16.2. The number of fused-ring (bicyclic) bond motifs is 1. The van der Waals surface area contributed by atoms with Crippen LogP contribution >= 0.6 is 0 Å². The number of likely N-dealkylation sites (tertiary alicyclic amines) is 1. The zero-order chi connectivity index (χ0) is 21.9. The summed E-state index contributed by atoms with van der Waals surface area (Å²) < 4.78 is 0. The zero-order valence-electron chi connectivity index (χ0n) is 18.8. The number of rotatable bonds is 4. The van der Waals surface area contributed by atoms with Gasteiger partial charge >= 0.3 is 0 Å². The number of carbonyl (C=O) groups excluding carboxylic acids is 1. The number of carbonyl (C=O) groups is 1. The first-order chi connectivity index (χ1) is 15.7. The van der Waals surface area contributed by atoms with Crippen molar-refractivity contribution in [1.82, 2.24) is 9.88 Å². The first-order valence-electron chi connectivity index (χ1n) is 11.8. The fourth-order valence-electron chi connectivity index (χ4n) is 5.12. The maximum absolute atomic E-state index is 13.3. The van der Waals surface area contributed by atoms with Crippen LogP contribution in [-0.2, 0) is 12.8 Å². The summed E-state index contributed by atoms with van der Waals surface area (Å²) in [5.74, 6) is 0.466. The third kappa shape index (κ3) is 4.40. The van der Waals surface area contributed by atoms with Crippen molar-refractivity contribution in [3.05, 3.63) is 94.8 Å². The molecule has 1 amide bonds. The first kappa shape index (κ1) is 20.7. The Balaban J connectivity index is 1.26. The molecule has 4 heteroatoms. The van der Waals surface area contributed by atoms with Gasteiger partial charge in [0, 0.05) is 55.7 Å². The lowest BCUT2D eigenvalue weighted by molar-refractivity contribution is 0.0706. The molecule has 3 heterocycles. The van der Waals surface area contributed by atoms with E-state index in [0.717, 1.165) is 63.0 Å². The Morgan fingerprint density at radius 1 is 1.00 bits per heavy atom. The van der Waals surface area contributed by atoms with Crippen LogP contribution in [0.4, 0.5) is 5.69 Å². The molecular formula is C28H31N3O. The summed E-state index contributed by atoms with van der Waals surface area (Å²) in [5.41, 5.74) is 7.02. The molecule has 32 heavy (non-hydrogen) atoms. The summed E-state index contributed by atoms with van der Waals surface area (Å²) in [6.07, 6.45) is 7.23. The Morgan fingerprint density at radius 2 is 1.88 bits per heavy atom. The predicted octanol–water partition coefficient (Wildman–Crippen LogP) is 5.07. The molecule has 1 fully saturated rings. The topological polar surface area (TPSA) is 36.4 Å². The van der Waals surface area contributed by atoms with Crippen LogP contribution in [0.1, 0.15) is 57.9 Å². The minimum atomic E-state index is 0.159. The Bertz CT molecular complexity index is 1080. The lowest BCUT2D eigenvalue weighted by Gasteiger charge is -2.33. The second-order valence-corrected chi connectivity index (χ2v) is 9.21. The van der Waals surface area contributed by atoms with Crippen LogP contribution < -0.4 is 4.90 Å². The third-order valence-corrected chi connectivity index (χ3v) is 6.90. The number of nitrogens with zero attached hydrogens (tertiary/aromatic N) is 3. The predicted molar refractivity (Wildman–Crippen MR) is 129 cm³/mol. The van der Waals surface area contributed by atoms with Crippen molar-refractivity contribution >= 4 is 11.6 Å². The van der Waals surface area contributed by atoms with Crippen LogP contribution in [0, 0.1) is 0 Å². The maximum atomic E-state index is 13.3. The van der Waals surface area contributed by atoms with Gasteiger partial charge in [0.05, 0.1) is 0 Å². The van der Waals surface area contributed by atoms with Crippen molar-refractivity contribution < 1.29 is 4.79 Å². The van der Waals surface area contributed by atoms with E-state index < -0.39 is 0 Å². The third-order valence-electron chi connectivity index (χ3n) is 6.90. The van der Waals surface area contributed by atoms with Crippen LogP contribution in [0.15, 0.2) is 66.9 Å². The highest BCUT2D eigenvalue weighted by Crippen LogP contribution is 2.30. The second kappa shape index (κ2) is 9.15. The molecule has 3 aromatic rings. The molecule has 164 valence electrons. The van der Waals surface area contributed by atoms with Gasteiger partial charge in [-0.05, 0) is 73.1 Å². The van der Waals surface area contributed by atoms with Gasteiger partial charge in [0.25, 0.3) is 5.91 Å². The summed E-state index contributed by atoms with van der Waals surface area (Å²) in [5, 5.41) is 0. The molecule has 2 aliphatic rings. The van der Waals surface area contributed by atoms with Crippen LogP contribution in [0.5, 0.6) is 0 Å². The van der Waals surface area contributed by atoms with E-state index in [2.05, 4.69) is 60.5 Å². The van der Waals surface area contributed by atoms with E-state index in [-0.39, 0.29) is 5.91 Å².